The third-order valence-corrected chi connectivity index (χ3v) is 4.74. The van der Waals surface area contributed by atoms with Gasteiger partial charge in [-0.05, 0) is 49.6 Å². The molecule has 0 spiro atoms. The average molecular weight is 339 g/mol. The number of nitrogens with one attached hydrogen (secondary N) is 1. The van der Waals surface area contributed by atoms with Crippen molar-refractivity contribution < 1.29 is 9.53 Å². The quantitative estimate of drug-likeness (QED) is 0.836. The Kier molecular flexibility index (Phi) is 5.12. The van der Waals surface area contributed by atoms with Gasteiger partial charge in [-0.25, -0.2) is 4.79 Å². The van der Waals surface area contributed by atoms with Gasteiger partial charge in [0.05, 0.1) is 0 Å². The van der Waals surface area contributed by atoms with Crippen LogP contribution in [0.3, 0.4) is 0 Å². The van der Waals surface area contributed by atoms with E-state index in [0.29, 0.717) is 6.61 Å². The van der Waals surface area contributed by atoms with Crippen molar-refractivity contribution in [3.05, 3.63) is 60.2 Å². The van der Waals surface area contributed by atoms with E-state index in [1.54, 1.807) is 0 Å². The number of amides is 1. The highest BCUT2D eigenvalue weighted by atomic mass is 16.5. The van der Waals surface area contributed by atoms with Crippen molar-refractivity contribution in [2.75, 3.05) is 23.7 Å². The summed E-state index contributed by atoms with van der Waals surface area (Å²) in [5.41, 5.74) is 8.43. The maximum atomic E-state index is 12.1. The van der Waals surface area contributed by atoms with Crippen LogP contribution in [0.15, 0.2) is 54.6 Å². The molecule has 0 aliphatic carbocycles. The standard InChI is InChI=1S/C20H25N3O2/c1-20(22-19(24)25-15-16-5-3-2-4-6-16)11-13-23(14-12-20)18-9-7-17(21)8-10-18/h2-10H,11-15,21H2,1H3,(H,22,24). The van der Waals surface area contributed by atoms with Crippen molar-refractivity contribution in [2.24, 2.45) is 0 Å². The number of nitrogens with zero attached hydrogens (tertiary/aromatic N) is 1. The van der Waals surface area contributed by atoms with Crippen molar-refractivity contribution in [3.63, 3.8) is 0 Å². The number of ether oxygens (including phenoxy) is 1. The molecule has 1 heterocycles. The minimum absolute atomic E-state index is 0.238. The van der Waals surface area contributed by atoms with E-state index in [2.05, 4.69) is 17.1 Å². The fourth-order valence-electron chi connectivity index (χ4n) is 3.07. The van der Waals surface area contributed by atoms with Crippen LogP contribution in [0.25, 0.3) is 0 Å². The van der Waals surface area contributed by atoms with Crippen LogP contribution in [0.1, 0.15) is 25.3 Å². The number of nitrogens with two attached hydrogens (primary N) is 1. The lowest BCUT2D eigenvalue weighted by Gasteiger charge is -2.40. The van der Waals surface area contributed by atoms with E-state index >= 15 is 0 Å². The molecule has 1 saturated heterocycles. The summed E-state index contributed by atoms with van der Waals surface area (Å²) in [4.78, 5) is 14.4. The van der Waals surface area contributed by atoms with Gasteiger partial charge >= 0.3 is 6.09 Å². The first-order chi connectivity index (χ1) is 12.0. The maximum Gasteiger partial charge on any atom is 0.407 e. The van der Waals surface area contributed by atoms with E-state index in [-0.39, 0.29) is 11.6 Å². The van der Waals surface area contributed by atoms with Crippen LogP contribution in [0.4, 0.5) is 16.2 Å². The van der Waals surface area contributed by atoms with Gasteiger partial charge in [-0.3, -0.25) is 0 Å². The summed E-state index contributed by atoms with van der Waals surface area (Å²) in [5, 5.41) is 3.04. The van der Waals surface area contributed by atoms with Gasteiger partial charge in [0, 0.05) is 30.0 Å². The van der Waals surface area contributed by atoms with Crippen molar-refractivity contribution in [2.45, 2.75) is 31.9 Å². The van der Waals surface area contributed by atoms with Crippen molar-refractivity contribution in [3.8, 4) is 0 Å². The smallest absolute Gasteiger partial charge is 0.407 e. The lowest BCUT2D eigenvalue weighted by Crippen LogP contribution is -2.53. The van der Waals surface area contributed by atoms with Gasteiger partial charge in [0.2, 0.25) is 0 Å². The molecular weight excluding hydrogens is 314 g/mol. The van der Waals surface area contributed by atoms with Gasteiger partial charge < -0.3 is 20.7 Å². The zero-order valence-corrected chi connectivity index (χ0v) is 14.6. The molecule has 5 heteroatoms. The van der Waals surface area contributed by atoms with Crippen LogP contribution in [0.5, 0.6) is 0 Å². The third kappa shape index (κ3) is 4.66. The van der Waals surface area contributed by atoms with Gasteiger partial charge in [-0.1, -0.05) is 30.3 Å². The summed E-state index contributed by atoms with van der Waals surface area (Å²) >= 11 is 0. The van der Waals surface area contributed by atoms with Crippen molar-refractivity contribution >= 4 is 17.5 Å². The first-order valence-electron chi connectivity index (χ1n) is 8.63. The molecule has 1 amide bonds. The first kappa shape index (κ1) is 17.1. The summed E-state index contributed by atoms with van der Waals surface area (Å²) < 4.78 is 5.34. The topological polar surface area (TPSA) is 67.6 Å². The third-order valence-electron chi connectivity index (χ3n) is 4.74. The second-order valence-electron chi connectivity index (χ2n) is 6.83. The Balaban J connectivity index is 1.48. The number of hydrogen-bond acceptors (Lipinski definition) is 4. The predicted molar refractivity (Wildman–Crippen MR) is 100 cm³/mol. The molecule has 0 radical (unpaired) electrons. The molecule has 1 aliphatic rings. The van der Waals surface area contributed by atoms with Crippen LogP contribution in [0.2, 0.25) is 0 Å². The zero-order chi connectivity index (χ0) is 17.7. The molecule has 2 aromatic carbocycles. The molecular formula is C20H25N3O2. The highest BCUT2D eigenvalue weighted by Crippen LogP contribution is 2.26. The van der Waals surface area contributed by atoms with Gasteiger partial charge in [-0.2, -0.15) is 0 Å². The maximum absolute atomic E-state index is 12.1. The van der Waals surface area contributed by atoms with Gasteiger partial charge in [0.25, 0.3) is 0 Å². The lowest BCUT2D eigenvalue weighted by molar-refractivity contribution is 0.123. The van der Waals surface area contributed by atoms with E-state index in [0.717, 1.165) is 37.2 Å². The summed E-state index contributed by atoms with van der Waals surface area (Å²) in [6.07, 6.45) is 1.39. The second kappa shape index (κ2) is 7.47. The number of hydrogen-bond donors (Lipinski definition) is 2. The van der Waals surface area contributed by atoms with Crippen LogP contribution < -0.4 is 16.0 Å². The zero-order valence-electron chi connectivity index (χ0n) is 14.6. The minimum Gasteiger partial charge on any atom is -0.445 e. The molecule has 1 aliphatic heterocycles. The fourth-order valence-corrected chi connectivity index (χ4v) is 3.07. The van der Waals surface area contributed by atoms with Crippen molar-refractivity contribution in [1.82, 2.24) is 5.32 Å². The summed E-state index contributed by atoms with van der Waals surface area (Å²) in [5.74, 6) is 0. The Morgan fingerprint density at radius 1 is 1.12 bits per heavy atom. The SMILES string of the molecule is CC1(NC(=O)OCc2ccccc2)CCN(c2ccc(N)cc2)CC1. The molecule has 1 fully saturated rings. The molecule has 5 nitrogen and oxygen atoms in total. The van der Waals surface area contributed by atoms with E-state index < -0.39 is 0 Å². The average Bonchev–Trinajstić information content (AvgIpc) is 2.62. The number of carbonyl (C=O) groups excluding carboxylic acids is 1. The Bertz CT molecular complexity index is 693. The molecule has 0 atom stereocenters. The lowest BCUT2D eigenvalue weighted by atomic mass is 9.89. The number of anilines is 2. The van der Waals surface area contributed by atoms with Gasteiger partial charge in [0.1, 0.15) is 6.61 Å². The fraction of sp³-hybridized carbons (Fsp3) is 0.350. The van der Waals surface area contributed by atoms with Crippen LogP contribution in [0, 0.1) is 0 Å². The largest absolute Gasteiger partial charge is 0.445 e. The van der Waals surface area contributed by atoms with Crippen LogP contribution >= 0.6 is 0 Å². The number of piperidine rings is 1. The van der Waals surface area contributed by atoms with Crippen LogP contribution in [-0.4, -0.2) is 24.7 Å². The van der Waals surface area contributed by atoms with Crippen LogP contribution in [-0.2, 0) is 11.3 Å². The van der Waals surface area contributed by atoms with E-state index in [1.807, 2.05) is 54.6 Å². The summed E-state index contributed by atoms with van der Waals surface area (Å²) in [7, 11) is 0. The van der Waals surface area contributed by atoms with E-state index in [4.69, 9.17) is 10.5 Å². The number of rotatable bonds is 4. The molecule has 25 heavy (non-hydrogen) atoms. The Morgan fingerprint density at radius 3 is 2.40 bits per heavy atom. The number of alkyl carbamates (subject to hydrolysis) is 1. The van der Waals surface area contributed by atoms with E-state index in [9.17, 15) is 4.79 Å². The molecule has 0 bridgehead atoms. The monoisotopic (exact) mass is 339 g/mol. The van der Waals surface area contributed by atoms with E-state index in [1.165, 1.54) is 5.69 Å². The Labute approximate surface area is 148 Å². The molecule has 132 valence electrons. The summed E-state index contributed by atoms with van der Waals surface area (Å²) in [6, 6.07) is 17.6. The number of carbonyl (C=O) groups is 1. The van der Waals surface area contributed by atoms with Crippen molar-refractivity contribution in [1.29, 1.82) is 0 Å². The summed E-state index contributed by atoms with van der Waals surface area (Å²) in [6.45, 7) is 4.15. The van der Waals surface area contributed by atoms with Gasteiger partial charge in [-0.15, -0.1) is 0 Å². The van der Waals surface area contributed by atoms with Gasteiger partial charge in [0.15, 0.2) is 0 Å². The minimum atomic E-state index is -0.354. The molecule has 0 aromatic heterocycles. The normalized spacial score (nSPS) is 16.3. The molecule has 2 aromatic rings. The Morgan fingerprint density at radius 2 is 1.76 bits per heavy atom. The first-order valence-corrected chi connectivity index (χ1v) is 8.63. The second-order valence-corrected chi connectivity index (χ2v) is 6.83. The highest BCUT2D eigenvalue weighted by molar-refractivity contribution is 5.68. The molecule has 3 N–H and O–H groups in total. The number of nitrogen functional groups attached to an aromatic ring is 1. The number of benzene rings is 2. The molecule has 0 unspecified atom stereocenters. The molecule has 3 rings (SSSR count). The predicted octanol–water partition coefficient (Wildman–Crippen LogP) is 3.55. The Hall–Kier alpha value is -2.69. The molecule has 0 saturated carbocycles. The highest BCUT2D eigenvalue weighted by Gasteiger charge is 2.32.